The normalized spacial score (nSPS) is 15.0. The van der Waals surface area contributed by atoms with Crippen LogP contribution in [0.1, 0.15) is 36.8 Å². The Hall–Kier alpha value is -1.20. The summed E-state index contributed by atoms with van der Waals surface area (Å²) in [5.74, 6) is -0.00555. The van der Waals surface area contributed by atoms with Crippen molar-refractivity contribution in [2.45, 2.75) is 31.3 Å². The molecule has 0 bridgehead atoms. The summed E-state index contributed by atoms with van der Waals surface area (Å²) in [5.41, 5.74) is 1.11. The lowest BCUT2D eigenvalue weighted by molar-refractivity contribution is -0.659. The van der Waals surface area contributed by atoms with Gasteiger partial charge in [0.25, 0.3) is 0 Å². The number of halogens is 1. The van der Waals surface area contributed by atoms with Gasteiger partial charge in [-0.2, -0.15) is 0 Å². The molecule has 24 heavy (non-hydrogen) atoms. The third-order valence-corrected chi connectivity index (χ3v) is 5.06. The Bertz CT molecular complexity index is 599. The fraction of sp³-hybridized carbons (Fsp3) is 0.400. The van der Waals surface area contributed by atoms with Crippen molar-refractivity contribution in [3.8, 4) is 0 Å². The number of hydrogen-bond acceptors (Lipinski definition) is 2. The molecule has 0 radical (unpaired) electrons. The second-order valence-electron chi connectivity index (χ2n) is 6.36. The van der Waals surface area contributed by atoms with E-state index >= 15 is 0 Å². The number of unbranched alkanes of at least 4 members (excludes halogenated alkanes) is 1. The molecule has 0 aromatic heterocycles. The summed E-state index contributed by atoms with van der Waals surface area (Å²) in [5, 5.41) is 22.4. The highest BCUT2D eigenvalue weighted by atomic mass is 79.9. The van der Waals surface area contributed by atoms with Crippen LogP contribution >= 0.6 is 15.9 Å². The van der Waals surface area contributed by atoms with Gasteiger partial charge in [-0.05, 0) is 43.0 Å². The Kier molecular flexibility index (Phi) is 7.43. The molecule has 2 aromatic rings. The fourth-order valence-corrected chi connectivity index (χ4v) is 3.31. The summed E-state index contributed by atoms with van der Waals surface area (Å²) in [6, 6.07) is 18.1. The average molecular weight is 393 g/mol. The maximum absolute atomic E-state index is 11.3. The molecule has 130 valence electrons. The minimum Gasteiger partial charge on any atom is -0.396 e. The minimum atomic E-state index is -0.949. The largest absolute Gasteiger partial charge is 0.396 e. The topological polar surface area (TPSA) is 57.1 Å². The molecule has 0 heterocycles. The van der Waals surface area contributed by atoms with E-state index in [-0.39, 0.29) is 12.5 Å². The van der Waals surface area contributed by atoms with E-state index in [1.807, 2.05) is 49.4 Å². The molecule has 4 N–H and O–H groups in total. The summed E-state index contributed by atoms with van der Waals surface area (Å²) in [4.78, 5) is 0. The van der Waals surface area contributed by atoms with Crippen LogP contribution in [0.15, 0.2) is 59.1 Å². The average Bonchev–Trinajstić information content (AvgIpc) is 2.59. The SMILES string of the molecule is CC(O)(c1ccc(Br)cc1)C(C[NH2+]CCCCO)c1ccccc1. The molecule has 0 aliphatic heterocycles. The Morgan fingerprint density at radius 3 is 2.33 bits per heavy atom. The number of aliphatic hydroxyl groups excluding tert-OH is 1. The highest BCUT2D eigenvalue weighted by Crippen LogP contribution is 2.36. The lowest BCUT2D eigenvalue weighted by atomic mass is 9.78. The van der Waals surface area contributed by atoms with Crippen molar-refractivity contribution in [1.82, 2.24) is 0 Å². The number of aliphatic hydroxyl groups is 2. The Morgan fingerprint density at radius 2 is 1.71 bits per heavy atom. The van der Waals surface area contributed by atoms with E-state index in [4.69, 9.17) is 5.11 Å². The predicted octanol–water partition coefficient (Wildman–Crippen LogP) is 2.78. The quantitative estimate of drug-likeness (QED) is 0.574. The molecule has 0 spiro atoms. The summed E-state index contributed by atoms with van der Waals surface area (Å²) in [6.07, 6.45) is 1.81. The Balaban J connectivity index is 2.19. The van der Waals surface area contributed by atoms with Crippen LogP contribution in [0, 0.1) is 0 Å². The van der Waals surface area contributed by atoms with Gasteiger partial charge in [0, 0.05) is 11.1 Å². The molecule has 2 atom stereocenters. The van der Waals surface area contributed by atoms with Gasteiger partial charge in [-0.3, -0.25) is 0 Å². The first kappa shape index (κ1) is 19.1. The van der Waals surface area contributed by atoms with E-state index in [0.717, 1.165) is 41.5 Å². The summed E-state index contributed by atoms with van der Waals surface area (Å²) >= 11 is 3.45. The van der Waals surface area contributed by atoms with Gasteiger partial charge in [0.15, 0.2) is 0 Å². The monoisotopic (exact) mass is 392 g/mol. The lowest BCUT2D eigenvalue weighted by Crippen LogP contribution is -2.86. The standard InChI is InChI=1S/C20H26BrNO2/c1-20(24,17-9-11-18(21)12-10-17)19(15-22-13-5-6-14-23)16-7-3-2-4-8-16/h2-4,7-12,19,22-24H,5-6,13-15H2,1H3/p+1. The second-order valence-corrected chi connectivity index (χ2v) is 7.28. The highest BCUT2D eigenvalue weighted by molar-refractivity contribution is 9.10. The number of hydrogen-bond donors (Lipinski definition) is 3. The van der Waals surface area contributed by atoms with E-state index < -0.39 is 5.60 Å². The van der Waals surface area contributed by atoms with Gasteiger partial charge >= 0.3 is 0 Å². The van der Waals surface area contributed by atoms with Crippen LogP contribution in [0.2, 0.25) is 0 Å². The smallest absolute Gasteiger partial charge is 0.0990 e. The molecule has 0 saturated carbocycles. The van der Waals surface area contributed by atoms with Crippen LogP contribution in [-0.2, 0) is 5.60 Å². The van der Waals surface area contributed by atoms with Crippen LogP contribution in [0.3, 0.4) is 0 Å². The molecule has 4 heteroatoms. The number of rotatable bonds is 9. The maximum Gasteiger partial charge on any atom is 0.0990 e. The molecule has 2 aromatic carbocycles. The number of quaternary nitrogens is 1. The van der Waals surface area contributed by atoms with Crippen LogP contribution in [0.5, 0.6) is 0 Å². The van der Waals surface area contributed by atoms with Gasteiger partial charge in [0.1, 0.15) is 0 Å². The van der Waals surface area contributed by atoms with Gasteiger partial charge in [-0.15, -0.1) is 0 Å². The van der Waals surface area contributed by atoms with Gasteiger partial charge in [-0.25, -0.2) is 0 Å². The van der Waals surface area contributed by atoms with Crippen molar-refractivity contribution in [3.63, 3.8) is 0 Å². The third-order valence-electron chi connectivity index (χ3n) is 4.53. The van der Waals surface area contributed by atoms with Crippen LogP contribution in [0.25, 0.3) is 0 Å². The van der Waals surface area contributed by atoms with Crippen molar-refractivity contribution in [3.05, 3.63) is 70.2 Å². The molecular weight excluding hydrogens is 366 g/mol. The molecule has 0 amide bonds. The van der Waals surface area contributed by atoms with Crippen molar-refractivity contribution in [1.29, 1.82) is 0 Å². The molecule has 0 aliphatic carbocycles. The molecular formula is C20H27BrNO2+. The first-order chi connectivity index (χ1) is 11.6. The van der Waals surface area contributed by atoms with E-state index in [2.05, 4.69) is 33.4 Å². The molecule has 2 unspecified atom stereocenters. The lowest BCUT2D eigenvalue weighted by Gasteiger charge is -2.33. The number of nitrogens with two attached hydrogens (primary N) is 1. The second kappa shape index (κ2) is 9.33. The van der Waals surface area contributed by atoms with Crippen molar-refractivity contribution < 1.29 is 15.5 Å². The van der Waals surface area contributed by atoms with Gasteiger partial charge in [0.2, 0.25) is 0 Å². The van der Waals surface area contributed by atoms with Crippen LogP contribution < -0.4 is 5.32 Å². The molecule has 3 nitrogen and oxygen atoms in total. The first-order valence-electron chi connectivity index (χ1n) is 8.51. The summed E-state index contributed by atoms with van der Waals surface area (Å²) < 4.78 is 1.01. The zero-order valence-corrected chi connectivity index (χ0v) is 15.7. The third kappa shape index (κ3) is 5.15. The zero-order valence-electron chi connectivity index (χ0n) is 14.2. The van der Waals surface area contributed by atoms with E-state index in [0.29, 0.717) is 0 Å². The van der Waals surface area contributed by atoms with Gasteiger partial charge < -0.3 is 15.5 Å². The molecule has 0 saturated heterocycles. The van der Waals surface area contributed by atoms with E-state index in [9.17, 15) is 5.11 Å². The zero-order chi connectivity index (χ0) is 17.4. The maximum atomic E-state index is 11.3. The molecule has 0 aliphatic rings. The van der Waals surface area contributed by atoms with E-state index in [1.54, 1.807) is 0 Å². The highest BCUT2D eigenvalue weighted by Gasteiger charge is 2.36. The minimum absolute atomic E-state index is 0.00555. The molecule has 2 rings (SSSR count). The van der Waals surface area contributed by atoms with Gasteiger partial charge in [0.05, 0.1) is 24.6 Å². The molecule has 0 fully saturated rings. The summed E-state index contributed by atoms with van der Waals surface area (Å²) in [6.45, 7) is 3.90. The predicted molar refractivity (Wildman–Crippen MR) is 101 cm³/mol. The van der Waals surface area contributed by atoms with Crippen molar-refractivity contribution in [2.24, 2.45) is 0 Å². The Morgan fingerprint density at radius 1 is 1.04 bits per heavy atom. The van der Waals surface area contributed by atoms with Crippen molar-refractivity contribution in [2.75, 3.05) is 19.7 Å². The van der Waals surface area contributed by atoms with Crippen LogP contribution in [0.4, 0.5) is 0 Å². The first-order valence-corrected chi connectivity index (χ1v) is 9.31. The summed E-state index contributed by atoms with van der Waals surface area (Å²) in [7, 11) is 0. The number of benzene rings is 2. The van der Waals surface area contributed by atoms with E-state index in [1.165, 1.54) is 0 Å². The van der Waals surface area contributed by atoms with Gasteiger partial charge in [-0.1, -0.05) is 58.4 Å². The van der Waals surface area contributed by atoms with Crippen LogP contribution in [-0.4, -0.2) is 29.9 Å². The Labute approximate surface area is 152 Å². The fourth-order valence-electron chi connectivity index (χ4n) is 3.05. The van der Waals surface area contributed by atoms with Crippen molar-refractivity contribution >= 4 is 15.9 Å².